The molecule has 0 aliphatic heterocycles. The van der Waals surface area contributed by atoms with Crippen LogP contribution in [0.2, 0.25) is 0 Å². The molecule has 0 aromatic rings. The second-order valence-electron chi connectivity index (χ2n) is 6.59. The highest BCUT2D eigenvalue weighted by molar-refractivity contribution is 6.09. The molecule has 2 rings (SSSR count). The van der Waals surface area contributed by atoms with Crippen LogP contribution in [-0.4, -0.2) is 5.78 Å². The standard InChI is InChI=1S/C17H26O/c1-9-7-15(13(5)11(9)3)17(18)16-8-10(2)12(4)14(16)6/h9-12H,7-8H2,1-6H3. The van der Waals surface area contributed by atoms with Gasteiger partial charge in [0.15, 0.2) is 5.78 Å². The number of hydrogen-bond acceptors (Lipinski definition) is 1. The van der Waals surface area contributed by atoms with Crippen molar-refractivity contribution in [2.24, 2.45) is 23.7 Å². The average Bonchev–Trinajstić information content (AvgIpc) is 2.74. The summed E-state index contributed by atoms with van der Waals surface area (Å²) in [6.07, 6.45) is 1.96. The molecule has 18 heavy (non-hydrogen) atoms. The van der Waals surface area contributed by atoms with Crippen LogP contribution >= 0.6 is 0 Å². The summed E-state index contributed by atoms with van der Waals surface area (Å²) < 4.78 is 0. The van der Waals surface area contributed by atoms with Gasteiger partial charge in [0.2, 0.25) is 0 Å². The summed E-state index contributed by atoms with van der Waals surface area (Å²) >= 11 is 0. The molecule has 0 radical (unpaired) electrons. The normalized spacial score (nSPS) is 36.8. The molecule has 0 aromatic heterocycles. The molecule has 1 heteroatoms. The van der Waals surface area contributed by atoms with Crippen LogP contribution in [-0.2, 0) is 4.79 Å². The lowest BCUT2D eigenvalue weighted by molar-refractivity contribution is -0.112. The second kappa shape index (κ2) is 4.68. The van der Waals surface area contributed by atoms with Crippen molar-refractivity contribution in [1.82, 2.24) is 0 Å². The van der Waals surface area contributed by atoms with E-state index in [4.69, 9.17) is 0 Å². The summed E-state index contributed by atoms with van der Waals surface area (Å²) in [5.41, 5.74) is 4.90. The Labute approximate surface area is 111 Å². The third kappa shape index (κ3) is 1.98. The molecule has 0 spiro atoms. The van der Waals surface area contributed by atoms with Gasteiger partial charge in [0.05, 0.1) is 0 Å². The number of ketones is 1. The third-order valence-electron chi connectivity index (χ3n) is 5.63. The van der Waals surface area contributed by atoms with E-state index in [-0.39, 0.29) is 0 Å². The van der Waals surface area contributed by atoms with Gasteiger partial charge in [-0.2, -0.15) is 0 Å². The van der Waals surface area contributed by atoms with Crippen LogP contribution in [0.5, 0.6) is 0 Å². The van der Waals surface area contributed by atoms with Gasteiger partial charge < -0.3 is 0 Å². The van der Waals surface area contributed by atoms with Crippen LogP contribution in [0.3, 0.4) is 0 Å². The fourth-order valence-electron chi connectivity index (χ4n) is 3.45. The Morgan fingerprint density at radius 1 is 0.833 bits per heavy atom. The third-order valence-corrected chi connectivity index (χ3v) is 5.63. The Bertz CT molecular complexity index is 399. The Balaban J connectivity index is 2.30. The highest BCUT2D eigenvalue weighted by Crippen LogP contribution is 2.42. The topological polar surface area (TPSA) is 17.1 Å². The molecule has 2 aliphatic carbocycles. The highest BCUT2D eigenvalue weighted by atomic mass is 16.1. The van der Waals surface area contributed by atoms with Gasteiger partial charge in [-0.25, -0.2) is 0 Å². The lowest BCUT2D eigenvalue weighted by Crippen LogP contribution is -2.07. The van der Waals surface area contributed by atoms with Gasteiger partial charge in [-0.05, 0) is 61.5 Å². The van der Waals surface area contributed by atoms with Crippen molar-refractivity contribution in [3.63, 3.8) is 0 Å². The first kappa shape index (κ1) is 13.6. The minimum absolute atomic E-state index is 0.359. The molecule has 0 amide bonds. The molecule has 0 aromatic carbocycles. The molecule has 0 bridgehead atoms. The molecule has 4 unspecified atom stereocenters. The van der Waals surface area contributed by atoms with E-state index in [1.165, 1.54) is 11.1 Å². The molecule has 0 saturated carbocycles. The van der Waals surface area contributed by atoms with Crippen molar-refractivity contribution < 1.29 is 4.79 Å². The summed E-state index contributed by atoms with van der Waals surface area (Å²) in [6, 6.07) is 0. The van der Waals surface area contributed by atoms with Crippen molar-refractivity contribution >= 4 is 5.78 Å². The summed E-state index contributed by atoms with van der Waals surface area (Å²) in [5.74, 6) is 2.75. The Morgan fingerprint density at radius 2 is 1.17 bits per heavy atom. The first-order valence-corrected chi connectivity index (χ1v) is 7.28. The Hall–Kier alpha value is -0.850. The molecular formula is C17H26O. The van der Waals surface area contributed by atoms with E-state index < -0.39 is 0 Å². The SMILES string of the molecule is CC1=C(C(=O)C2=C(C)C(C)C(C)C2)CC(C)C1C. The zero-order valence-electron chi connectivity index (χ0n) is 12.6. The van der Waals surface area contributed by atoms with E-state index >= 15 is 0 Å². The number of hydrogen-bond donors (Lipinski definition) is 0. The summed E-state index contributed by atoms with van der Waals surface area (Å²) in [4.78, 5) is 12.7. The molecule has 100 valence electrons. The van der Waals surface area contributed by atoms with Crippen molar-refractivity contribution in [1.29, 1.82) is 0 Å². The Morgan fingerprint density at radius 3 is 1.39 bits per heavy atom. The van der Waals surface area contributed by atoms with Crippen LogP contribution < -0.4 is 0 Å². The fraction of sp³-hybridized carbons (Fsp3) is 0.706. The molecule has 4 atom stereocenters. The average molecular weight is 246 g/mol. The number of carbonyl (C=O) groups is 1. The largest absolute Gasteiger partial charge is 0.289 e. The second-order valence-corrected chi connectivity index (χ2v) is 6.59. The highest BCUT2D eigenvalue weighted by Gasteiger charge is 2.35. The van der Waals surface area contributed by atoms with E-state index in [9.17, 15) is 4.79 Å². The summed E-state index contributed by atoms with van der Waals surface area (Å²) in [6.45, 7) is 13.3. The van der Waals surface area contributed by atoms with Gasteiger partial charge in [-0.3, -0.25) is 4.79 Å². The summed E-state index contributed by atoms with van der Waals surface area (Å²) in [5, 5.41) is 0. The monoisotopic (exact) mass is 246 g/mol. The lowest BCUT2D eigenvalue weighted by atomic mass is 9.96. The number of carbonyl (C=O) groups excluding carboxylic acids is 1. The van der Waals surface area contributed by atoms with Gasteiger partial charge in [-0.15, -0.1) is 0 Å². The van der Waals surface area contributed by atoms with Gasteiger partial charge in [0.1, 0.15) is 0 Å². The predicted molar refractivity (Wildman–Crippen MR) is 76.3 cm³/mol. The van der Waals surface area contributed by atoms with Crippen molar-refractivity contribution in [3.05, 3.63) is 22.3 Å². The molecular weight excluding hydrogens is 220 g/mol. The first-order chi connectivity index (χ1) is 8.34. The predicted octanol–water partition coefficient (Wildman–Crippen LogP) is 4.54. The first-order valence-electron chi connectivity index (χ1n) is 7.28. The van der Waals surface area contributed by atoms with Crippen LogP contribution in [0, 0.1) is 23.7 Å². The summed E-state index contributed by atoms with van der Waals surface area (Å²) in [7, 11) is 0. The van der Waals surface area contributed by atoms with Crippen LogP contribution in [0.15, 0.2) is 22.3 Å². The minimum atomic E-state index is 0.359. The van der Waals surface area contributed by atoms with Crippen LogP contribution in [0.25, 0.3) is 0 Å². The van der Waals surface area contributed by atoms with E-state index in [2.05, 4.69) is 41.5 Å². The smallest absolute Gasteiger partial charge is 0.184 e. The maximum atomic E-state index is 12.7. The molecule has 0 heterocycles. The van der Waals surface area contributed by atoms with E-state index in [1.54, 1.807) is 0 Å². The van der Waals surface area contributed by atoms with Crippen molar-refractivity contribution in [2.75, 3.05) is 0 Å². The quantitative estimate of drug-likeness (QED) is 0.699. The van der Waals surface area contributed by atoms with Gasteiger partial charge in [0, 0.05) is 0 Å². The molecule has 0 N–H and O–H groups in total. The number of rotatable bonds is 2. The molecule has 0 saturated heterocycles. The molecule has 2 aliphatic rings. The molecule has 0 fully saturated rings. The fourth-order valence-corrected chi connectivity index (χ4v) is 3.45. The van der Waals surface area contributed by atoms with Crippen molar-refractivity contribution in [2.45, 2.75) is 54.4 Å². The van der Waals surface area contributed by atoms with Crippen LogP contribution in [0.4, 0.5) is 0 Å². The zero-order valence-corrected chi connectivity index (χ0v) is 12.6. The zero-order chi connectivity index (χ0) is 13.6. The van der Waals surface area contributed by atoms with Crippen LogP contribution in [0.1, 0.15) is 54.4 Å². The van der Waals surface area contributed by atoms with E-state index in [0.29, 0.717) is 29.5 Å². The van der Waals surface area contributed by atoms with Gasteiger partial charge in [-0.1, -0.05) is 38.8 Å². The van der Waals surface area contributed by atoms with E-state index in [1.807, 2.05) is 0 Å². The minimum Gasteiger partial charge on any atom is -0.289 e. The number of allylic oxidation sites excluding steroid dienone is 4. The Kier molecular flexibility index (Phi) is 3.53. The maximum absolute atomic E-state index is 12.7. The van der Waals surface area contributed by atoms with Gasteiger partial charge >= 0.3 is 0 Å². The van der Waals surface area contributed by atoms with E-state index in [0.717, 1.165) is 24.0 Å². The lowest BCUT2D eigenvalue weighted by Gasteiger charge is -2.09. The maximum Gasteiger partial charge on any atom is 0.184 e. The number of Topliss-reactive ketones (excluding diaryl/α,β-unsaturated/α-hetero) is 1. The van der Waals surface area contributed by atoms with Gasteiger partial charge in [0.25, 0.3) is 0 Å². The molecule has 1 nitrogen and oxygen atoms in total. The van der Waals surface area contributed by atoms with Crippen molar-refractivity contribution in [3.8, 4) is 0 Å².